The second-order valence-electron chi connectivity index (χ2n) is 14.5. The normalized spacial score (nSPS) is 45.3. The summed E-state index contributed by atoms with van der Waals surface area (Å²) in [5, 5.41) is 11.3. The molecule has 5 aliphatic rings. The van der Waals surface area contributed by atoms with Crippen LogP contribution >= 0.6 is 0 Å². The smallest absolute Gasteiger partial charge is 0.0599 e. The summed E-state index contributed by atoms with van der Waals surface area (Å²) >= 11 is 0. The van der Waals surface area contributed by atoms with Gasteiger partial charge in [-0.2, -0.15) is 0 Å². The number of allylic oxidation sites excluding steroid dienone is 2. The van der Waals surface area contributed by atoms with Crippen molar-refractivity contribution in [1.82, 2.24) is 0 Å². The van der Waals surface area contributed by atoms with E-state index < -0.39 is 0 Å². The lowest BCUT2D eigenvalue weighted by atomic mass is 9.41. The van der Waals surface area contributed by atoms with E-state index in [1.54, 1.807) is 0 Å². The van der Waals surface area contributed by atoms with Gasteiger partial charge in [-0.3, -0.25) is 0 Å². The first-order chi connectivity index (χ1) is 15.7. The molecule has 188 valence electrons. The Morgan fingerprint density at radius 3 is 2.27 bits per heavy atom. The minimum absolute atomic E-state index is 0.0396. The van der Waals surface area contributed by atoms with Crippen molar-refractivity contribution >= 4 is 0 Å². The zero-order valence-corrected chi connectivity index (χ0v) is 22.7. The molecule has 0 radical (unpaired) electrons. The Morgan fingerprint density at radius 1 is 0.848 bits per heavy atom. The van der Waals surface area contributed by atoms with Crippen LogP contribution in [0.25, 0.3) is 0 Å². The maximum absolute atomic E-state index is 11.3. The Morgan fingerprint density at radius 2 is 1.55 bits per heavy atom. The van der Waals surface area contributed by atoms with Gasteiger partial charge < -0.3 is 5.11 Å². The first-order valence-electron chi connectivity index (χ1n) is 15.1. The van der Waals surface area contributed by atoms with E-state index in [0.717, 1.165) is 41.9 Å². The van der Waals surface area contributed by atoms with Crippen LogP contribution in [0.3, 0.4) is 0 Å². The van der Waals surface area contributed by atoms with Crippen molar-refractivity contribution in [3.05, 3.63) is 11.6 Å². The summed E-state index contributed by atoms with van der Waals surface area (Å²) in [6, 6.07) is 0. The molecule has 4 saturated carbocycles. The van der Waals surface area contributed by atoms with E-state index in [0.29, 0.717) is 10.8 Å². The van der Waals surface area contributed by atoms with Crippen molar-refractivity contribution in [1.29, 1.82) is 0 Å². The monoisotopic (exact) mass is 454 g/mol. The average molecular weight is 455 g/mol. The van der Waals surface area contributed by atoms with Crippen molar-refractivity contribution in [2.24, 2.45) is 51.8 Å². The molecule has 33 heavy (non-hydrogen) atoms. The van der Waals surface area contributed by atoms with Crippen molar-refractivity contribution < 1.29 is 5.11 Å². The maximum atomic E-state index is 11.3. The number of aliphatic hydroxyl groups excluding tert-OH is 1. The van der Waals surface area contributed by atoms with Crippen LogP contribution < -0.4 is 0 Å². The molecular formula is C32H54O. The second-order valence-corrected chi connectivity index (χ2v) is 14.5. The van der Waals surface area contributed by atoms with Gasteiger partial charge in [0.25, 0.3) is 0 Å². The van der Waals surface area contributed by atoms with Gasteiger partial charge in [0.05, 0.1) is 6.10 Å². The summed E-state index contributed by atoms with van der Waals surface area (Å²) < 4.78 is 0. The predicted molar refractivity (Wildman–Crippen MR) is 140 cm³/mol. The molecule has 0 aliphatic heterocycles. The van der Waals surface area contributed by atoms with E-state index in [2.05, 4.69) is 40.7 Å². The highest BCUT2D eigenvalue weighted by Gasteiger charge is 2.62. The molecule has 0 saturated heterocycles. The van der Waals surface area contributed by atoms with Gasteiger partial charge in [-0.05, 0) is 110 Å². The molecule has 0 aromatic carbocycles. The number of rotatable bonds is 5. The lowest BCUT2D eigenvalue weighted by Crippen LogP contribution is -2.58. The van der Waals surface area contributed by atoms with Gasteiger partial charge in [0.2, 0.25) is 0 Å². The number of hydrogen-bond acceptors (Lipinski definition) is 1. The van der Waals surface area contributed by atoms with Crippen LogP contribution in [0.2, 0.25) is 0 Å². The molecule has 8 atom stereocenters. The Kier molecular flexibility index (Phi) is 6.63. The van der Waals surface area contributed by atoms with Crippen LogP contribution in [0, 0.1) is 51.8 Å². The molecule has 5 aliphatic carbocycles. The number of fused-ring (bicyclic) bond motifs is 6. The maximum Gasteiger partial charge on any atom is 0.0599 e. The molecule has 1 heteroatoms. The molecule has 1 unspecified atom stereocenters. The summed E-state index contributed by atoms with van der Waals surface area (Å²) in [6.07, 6.45) is 23.1. The van der Waals surface area contributed by atoms with Crippen molar-refractivity contribution in [2.45, 2.75) is 137 Å². The third-order valence-electron chi connectivity index (χ3n) is 12.6. The molecule has 5 rings (SSSR count). The van der Waals surface area contributed by atoms with E-state index in [4.69, 9.17) is 0 Å². The van der Waals surface area contributed by atoms with Crippen LogP contribution in [0.1, 0.15) is 131 Å². The van der Waals surface area contributed by atoms with Gasteiger partial charge in [-0.25, -0.2) is 0 Å². The van der Waals surface area contributed by atoms with Gasteiger partial charge in [0.1, 0.15) is 0 Å². The standard InChI is InChI=1S/C32H54O/c1-22(2)10-9-11-23(3)25-13-14-26-24-12-15-28-31(5,27(24)16-20-30(25,26)4)21-17-29(33)32(28)18-7-6-8-19-32/h12,22-23,25-29,33H,6-11,13-21H2,1-5H3/t23-,25-,26+,27+,28?,29+,30-,31-/m1/s1. The molecule has 0 aromatic heterocycles. The van der Waals surface area contributed by atoms with E-state index in [1.165, 1.54) is 89.9 Å². The highest BCUT2D eigenvalue weighted by Crippen LogP contribution is 2.70. The van der Waals surface area contributed by atoms with E-state index in [-0.39, 0.29) is 11.5 Å². The fourth-order valence-electron chi connectivity index (χ4n) is 10.9. The largest absolute Gasteiger partial charge is 0.393 e. The highest BCUT2D eigenvalue weighted by molar-refractivity contribution is 5.29. The second kappa shape index (κ2) is 8.97. The topological polar surface area (TPSA) is 20.2 Å². The molecule has 0 bridgehead atoms. The van der Waals surface area contributed by atoms with Crippen LogP contribution in [0.4, 0.5) is 0 Å². The Balaban J connectivity index is 1.38. The van der Waals surface area contributed by atoms with E-state index in [9.17, 15) is 5.11 Å². The summed E-state index contributed by atoms with van der Waals surface area (Å²) in [5.74, 6) is 5.04. The SMILES string of the molecule is CC(C)CCC[C@@H](C)[C@H]1CC[C@H]2C3=CCC4C5(CCCCC5)[C@@H](O)CC[C@]4(C)[C@H]3CC[C@]12C. The fraction of sp³-hybridized carbons (Fsp3) is 0.938. The van der Waals surface area contributed by atoms with Crippen LogP contribution in [0.15, 0.2) is 11.6 Å². The lowest BCUT2D eigenvalue weighted by molar-refractivity contribution is -0.156. The summed E-state index contributed by atoms with van der Waals surface area (Å²) in [5.41, 5.74) is 3.11. The number of aliphatic hydroxyl groups is 1. The minimum atomic E-state index is -0.0396. The quantitative estimate of drug-likeness (QED) is 0.411. The summed E-state index contributed by atoms with van der Waals surface area (Å²) in [4.78, 5) is 0. The Labute approximate surface area is 205 Å². The highest BCUT2D eigenvalue weighted by atomic mass is 16.3. The van der Waals surface area contributed by atoms with Gasteiger partial charge in [-0.15, -0.1) is 0 Å². The minimum Gasteiger partial charge on any atom is -0.393 e. The Bertz CT molecular complexity index is 729. The molecule has 0 amide bonds. The van der Waals surface area contributed by atoms with Crippen molar-refractivity contribution in [2.75, 3.05) is 0 Å². The van der Waals surface area contributed by atoms with Crippen molar-refractivity contribution in [3.63, 3.8) is 0 Å². The van der Waals surface area contributed by atoms with Crippen LogP contribution in [0.5, 0.6) is 0 Å². The van der Waals surface area contributed by atoms with Gasteiger partial charge in [0.15, 0.2) is 0 Å². The predicted octanol–water partition coefficient (Wildman–Crippen LogP) is 8.95. The van der Waals surface area contributed by atoms with Gasteiger partial charge >= 0.3 is 0 Å². The molecule has 1 nitrogen and oxygen atoms in total. The van der Waals surface area contributed by atoms with Gasteiger partial charge in [-0.1, -0.05) is 84.8 Å². The van der Waals surface area contributed by atoms with Gasteiger partial charge in [0, 0.05) is 0 Å². The van der Waals surface area contributed by atoms with Crippen molar-refractivity contribution in [3.8, 4) is 0 Å². The zero-order chi connectivity index (χ0) is 23.4. The molecule has 0 heterocycles. The lowest BCUT2D eigenvalue weighted by Gasteiger charge is -2.64. The van der Waals surface area contributed by atoms with Crippen LogP contribution in [-0.4, -0.2) is 11.2 Å². The third kappa shape index (κ3) is 3.81. The average Bonchev–Trinajstić information content (AvgIpc) is 3.14. The molecule has 0 aromatic rings. The summed E-state index contributed by atoms with van der Waals surface area (Å²) in [6.45, 7) is 12.7. The third-order valence-corrected chi connectivity index (χ3v) is 12.6. The first-order valence-corrected chi connectivity index (χ1v) is 15.1. The fourth-order valence-corrected chi connectivity index (χ4v) is 10.9. The molecular weight excluding hydrogens is 400 g/mol. The van der Waals surface area contributed by atoms with Crippen LogP contribution in [-0.2, 0) is 0 Å². The van der Waals surface area contributed by atoms with E-state index in [1.807, 2.05) is 5.57 Å². The molecule has 4 fully saturated rings. The molecule has 1 N–H and O–H groups in total. The van der Waals surface area contributed by atoms with E-state index >= 15 is 0 Å². The Hall–Kier alpha value is -0.300. The number of hydrogen-bond donors (Lipinski definition) is 1. The zero-order valence-electron chi connectivity index (χ0n) is 22.7. The summed E-state index contributed by atoms with van der Waals surface area (Å²) in [7, 11) is 0. The molecule has 1 spiro atoms. The first kappa shape index (κ1) is 24.4.